The van der Waals surface area contributed by atoms with E-state index in [2.05, 4.69) is 0 Å². The summed E-state index contributed by atoms with van der Waals surface area (Å²) in [6, 6.07) is 16.4. The number of benzene rings is 3. The summed E-state index contributed by atoms with van der Waals surface area (Å²) in [5, 5.41) is 10.1. The second-order valence-electron chi connectivity index (χ2n) is 6.94. The number of rotatable bonds is 6. The van der Waals surface area contributed by atoms with E-state index in [0.29, 0.717) is 17.1 Å². The van der Waals surface area contributed by atoms with Crippen LogP contribution in [0.1, 0.15) is 5.56 Å². The number of nitrogens with zero attached hydrogens (tertiary/aromatic N) is 1. The van der Waals surface area contributed by atoms with E-state index in [1.165, 1.54) is 13.2 Å². The lowest BCUT2D eigenvalue weighted by Crippen LogP contribution is -2.25. The molecule has 0 fully saturated rings. The van der Waals surface area contributed by atoms with Gasteiger partial charge in [0.1, 0.15) is 16.5 Å². The van der Waals surface area contributed by atoms with Crippen molar-refractivity contribution in [1.82, 2.24) is 0 Å². The Morgan fingerprint density at radius 3 is 2.47 bits per heavy atom. The van der Waals surface area contributed by atoms with E-state index in [1.807, 2.05) is 12.1 Å². The number of aliphatic hydroxyl groups excluding tert-OH is 1. The summed E-state index contributed by atoms with van der Waals surface area (Å²) in [4.78, 5) is 1.57. The average molecular weight is 457 g/mol. The molecule has 1 aliphatic rings. The zero-order valence-electron chi connectivity index (χ0n) is 17.2. The van der Waals surface area contributed by atoms with Crippen LogP contribution in [0, 0.1) is 5.82 Å². The molecule has 32 heavy (non-hydrogen) atoms. The first kappa shape index (κ1) is 21.7. The predicted molar refractivity (Wildman–Crippen MR) is 117 cm³/mol. The van der Waals surface area contributed by atoms with Crippen LogP contribution in [0.5, 0.6) is 17.2 Å². The molecule has 0 aliphatic carbocycles. The van der Waals surface area contributed by atoms with Crippen LogP contribution in [0.3, 0.4) is 0 Å². The summed E-state index contributed by atoms with van der Waals surface area (Å²) < 4.78 is 54.6. The van der Waals surface area contributed by atoms with E-state index in [-0.39, 0.29) is 16.4 Å². The van der Waals surface area contributed by atoms with E-state index in [9.17, 15) is 17.9 Å². The Kier molecular flexibility index (Phi) is 5.77. The Labute approximate surface area is 185 Å². The van der Waals surface area contributed by atoms with Crippen molar-refractivity contribution < 1.29 is 31.6 Å². The third kappa shape index (κ3) is 4.25. The summed E-state index contributed by atoms with van der Waals surface area (Å²) >= 11 is 0. The van der Waals surface area contributed by atoms with Gasteiger partial charge in [0.05, 0.1) is 12.8 Å². The molecule has 1 N–H and O–H groups in total. The number of aliphatic hydroxyl groups is 1. The smallest absolute Gasteiger partial charge is 0.339 e. The lowest BCUT2D eigenvalue weighted by atomic mass is 10.1. The summed E-state index contributed by atoms with van der Waals surface area (Å²) in [6.45, 7) is 0. The predicted octanol–water partition coefficient (Wildman–Crippen LogP) is 3.79. The first-order valence-electron chi connectivity index (χ1n) is 9.56. The molecule has 1 unspecified atom stereocenters. The van der Waals surface area contributed by atoms with Crippen LogP contribution in [0.15, 0.2) is 77.7 Å². The number of para-hydroxylation sites is 1. The van der Waals surface area contributed by atoms with Gasteiger partial charge in [-0.1, -0.05) is 12.1 Å². The Bertz CT molecular complexity index is 1270. The molecule has 1 atom stereocenters. The minimum Gasteiger partial charge on any atom is -0.493 e. The molecule has 0 bridgehead atoms. The van der Waals surface area contributed by atoms with Gasteiger partial charge in [0.2, 0.25) is 6.29 Å². The first-order chi connectivity index (χ1) is 15.3. The minimum absolute atomic E-state index is 0.0392. The van der Waals surface area contributed by atoms with Crippen molar-refractivity contribution in [3.05, 3.63) is 84.2 Å². The molecule has 7 nitrogen and oxygen atoms in total. The zero-order chi connectivity index (χ0) is 22.9. The molecule has 9 heteroatoms. The Morgan fingerprint density at radius 1 is 1.03 bits per heavy atom. The van der Waals surface area contributed by atoms with Gasteiger partial charge in [0.15, 0.2) is 11.5 Å². The van der Waals surface area contributed by atoms with Crippen LogP contribution in [-0.4, -0.2) is 34.0 Å². The fourth-order valence-corrected chi connectivity index (χ4v) is 4.24. The molecule has 0 saturated carbocycles. The van der Waals surface area contributed by atoms with Crippen LogP contribution in [0.4, 0.5) is 10.1 Å². The molecule has 0 aromatic heterocycles. The fraction of sp³-hybridized carbons (Fsp3) is 0.130. The summed E-state index contributed by atoms with van der Waals surface area (Å²) in [7, 11) is -1.07. The van der Waals surface area contributed by atoms with Crippen LogP contribution in [-0.2, 0) is 10.1 Å². The van der Waals surface area contributed by atoms with Crippen LogP contribution in [0.25, 0.3) is 5.70 Å². The third-order valence-electron chi connectivity index (χ3n) is 4.91. The molecule has 0 saturated heterocycles. The highest BCUT2D eigenvalue weighted by atomic mass is 32.2. The normalized spacial score (nSPS) is 15.2. The number of ether oxygens (including phenoxy) is 2. The van der Waals surface area contributed by atoms with Gasteiger partial charge in [-0.25, -0.2) is 4.39 Å². The van der Waals surface area contributed by atoms with Crippen LogP contribution in [0.2, 0.25) is 0 Å². The molecular weight excluding hydrogens is 437 g/mol. The highest BCUT2D eigenvalue weighted by molar-refractivity contribution is 7.87. The van der Waals surface area contributed by atoms with Gasteiger partial charge < -0.3 is 23.7 Å². The summed E-state index contributed by atoms with van der Waals surface area (Å²) in [5.74, 6) is 0.127. The molecule has 4 rings (SSSR count). The first-order valence-corrected chi connectivity index (χ1v) is 11.0. The van der Waals surface area contributed by atoms with Crippen molar-refractivity contribution in [2.45, 2.75) is 11.2 Å². The molecule has 0 spiro atoms. The second-order valence-corrected chi connectivity index (χ2v) is 8.49. The highest BCUT2D eigenvalue weighted by Gasteiger charge is 2.24. The maximum absolute atomic E-state index is 13.2. The number of halogens is 1. The van der Waals surface area contributed by atoms with E-state index in [0.717, 1.165) is 29.8 Å². The molecule has 1 aliphatic heterocycles. The number of methoxy groups -OCH3 is 1. The lowest BCUT2D eigenvalue weighted by Gasteiger charge is -2.29. The summed E-state index contributed by atoms with van der Waals surface area (Å²) in [5.41, 5.74) is 2.00. The largest absolute Gasteiger partial charge is 0.493 e. The molecule has 3 aromatic rings. The van der Waals surface area contributed by atoms with Crippen molar-refractivity contribution in [2.24, 2.45) is 0 Å². The van der Waals surface area contributed by atoms with Crippen molar-refractivity contribution in [3.63, 3.8) is 0 Å². The third-order valence-corrected chi connectivity index (χ3v) is 6.16. The van der Waals surface area contributed by atoms with Crippen molar-refractivity contribution in [3.8, 4) is 17.2 Å². The number of fused-ring (bicyclic) bond motifs is 1. The maximum Gasteiger partial charge on any atom is 0.339 e. The van der Waals surface area contributed by atoms with E-state index in [1.54, 1.807) is 42.3 Å². The number of anilines is 1. The van der Waals surface area contributed by atoms with Gasteiger partial charge >= 0.3 is 10.1 Å². The highest BCUT2D eigenvalue weighted by Crippen LogP contribution is 2.39. The monoisotopic (exact) mass is 457 g/mol. The Hall–Kier alpha value is -3.56. The molecular formula is C23H20FNO6S. The number of hydrogen-bond donors (Lipinski definition) is 1. The van der Waals surface area contributed by atoms with Gasteiger partial charge in [0.25, 0.3) is 0 Å². The van der Waals surface area contributed by atoms with Crippen LogP contribution < -0.4 is 18.6 Å². The number of hydrogen-bond acceptors (Lipinski definition) is 7. The SMILES string of the molecule is COc1ccc(N(C)C2=CC(O)Oc3ccccc32)cc1OS(=O)(=O)c1ccc(F)cc1. The fourth-order valence-electron chi connectivity index (χ4n) is 3.31. The molecule has 166 valence electrons. The molecule has 0 amide bonds. The van der Waals surface area contributed by atoms with Crippen molar-refractivity contribution >= 4 is 21.5 Å². The van der Waals surface area contributed by atoms with Gasteiger partial charge in [-0.2, -0.15) is 8.42 Å². The standard InChI is InChI=1S/C23H20FNO6S/c1-25(19-14-23(26)30-20-6-4-3-5-18(19)20)16-9-12-21(29-2)22(13-16)31-32(27,28)17-10-7-15(24)8-11-17/h3-14,23,26H,1-2H3. The van der Waals surface area contributed by atoms with Crippen LogP contribution >= 0.6 is 0 Å². The molecule has 3 aromatic carbocycles. The van der Waals surface area contributed by atoms with Gasteiger partial charge in [0, 0.05) is 30.4 Å². The summed E-state index contributed by atoms with van der Waals surface area (Å²) in [6.07, 6.45) is 0.415. The Morgan fingerprint density at radius 2 is 1.75 bits per heavy atom. The average Bonchev–Trinajstić information content (AvgIpc) is 2.78. The minimum atomic E-state index is -4.23. The van der Waals surface area contributed by atoms with E-state index < -0.39 is 22.2 Å². The van der Waals surface area contributed by atoms with Crippen molar-refractivity contribution in [2.75, 3.05) is 19.1 Å². The molecule has 0 radical (unpaired) electrons. The molecule has 1 heterocycles. The van der Waals surface area contributed by atoms with E-state index >= 15 is 0 Å². The topological polar surface area (TPSA) is 85.3 Å². The zero-order valence-corrected chi connectivity index (χ0v) is 18.0. The van der Waals surface area contributed by atoms with Crippen molar-refractivity contribution in [1.29, 1.82) is 0 Å². The van der Waals surface area contributed by atoms with Gasteiger partial charge in [-0.05, 0) is 48.5 Å². The lowest BCUT2D eigenvalue weighted by molar-refractivity contribution is 0.0224. The Balaban J connectivity index is 1.70. The van der Waals surface area contributed by atoms with E-state index in [4.69, 9.17) is 13.7 Å². The van der Waals surface area contributed by atoms with Gasteiger partial charge in [-0.3, -0.25) is 0 Å². The quantitative estimate of drug-likeness (QED) is 0.564. The maximum atomic E-state index is 13.2. The second kappa shape index (κ2) is 8.52. The van der Waals surface area contributed by atoms with Gasteiger partial charge in [-0.15, -0.1) is 0 Å².